The van der Waals surface area contributed by atoms with Crippen molar-refractivity contribution in [3.63, 3.8) is 0 Å². The molecule has 0 aliphatic rings. The van der Waals surface area contributed by atoms with Gasteiger partial charge in [-0.25, -0.2) is 0 Å². The van der Waals surface area contributed by atoms with Gasteiger partial charge in [-0.15, -0.1) is 0 Å². The minimum Gasteiger partial charge on any atom is -0.385 e. The van der Waals surface area contributed by atoms with Gasteiger partial charge in [0.05, 0.1) is 0 Å². The molecule has 1 heteroatoms. The molecule has 0 bridgehead atoms. The molecule has 0 aromatic heterocycles. The predicted octanol–water partition coefficient (Wildman–Crippen LogP) is 2.69. The molecule has 0 spiro atoms. The summed E-state index contributed by atoms with van der Waals surface area (Å²) in [5, 5.41) is 3.29. The van der Waals surface area contributed by atoms with Gasteiger partial charge in [-0.05, 0) is 31.0 Å². The minimum atomic E-state index is 1.04. The van der Waals surface area contributed by atoms with Crippen molar-refractivity contribution in [3.8, 4) is 0 Å². The molecule has 1 aromatic rings. The molecule has 0 saturated heterocycles. The first-order valence-corrected chi connectivity index (χ1v) is 3.99. The molecule has 0 aliphatic carbocycles. The lowest BCUT2D eigenvalue weighted by atomic mass is 10.2. The van der Waals surface area contributed by atoms with E-state index < -0.39 is 0 Å². The van der Waals surface area contributed by atoms with Crippen molar-refractivity contribution in [1.82, 2.24) is 0 Å². The van der Waals surface area contributed by atoms with Crippen LogP contribution < -0.4 is 5.32 Å². The van der Waals surface area contributed by atoms with E-state index in [9.17, 15) is 0 Å². The van der Waals surface area contributed by atoms with Crippen LogP contribution in [0.2, 0.25) is 0 Å². The zero-order valence-corrected chi connectivity index (χ0v) is 6.93. The fraction of sp³-hybridized carbons (Fsp3) is 0.300. The molecule has 1 nitrogen and oxygen atoms in total. The summed E-state index contributed by atoms with van der Waals surface area (Å²) in [6.07, 6.45) is 1.16. The Morgan fingerprint density at radius 1 is 1.27 bits per heavy atom. The molecule has 0 amide bonds. The summed E-state index contributed by atoms with van der Waals surface area (Å²) in [4.78, 5) is 0. The smallest absolute Gasteiger partial charge is 0.0340 e. The van der Waals surface area contributed by atoms with Crippen LogP contribution in [0.3, 0.4) is 0 Å². The first kappa shape index (κ1) is 8.12. The van der Waals surface area contributed by atoms with E-state index in [2.05, 4.69) is 31.3 Å². The summed E-state index contributed by atoms with van der Waals surface area (Å²) >= 11 is 0. The molecule has 59 valence electrons. The highest BCUT2D eigenvalue weighted by molar-refractivity contribution is 5.44. The Morgan fingerprint density at radius 2 is 1.91 bits per heavy atom. The second kappa shape index (κ2) is 4.02. The maximum Gasteiger partial charge on any atom is 0.0340 e. The van der Waals surface area contributed by atoms with E-state index in [1.165, 1.54) is 5.69 Å². The van der Waals surface area contributed by atoms with Crippen molar-refractivity contribution in [1.29, 1.82) is 0 Å². The third-order valence-corrected chi connectivity index (χ3v) is 1.53. The molecule has 0 aliphatic heterocycles. The normalized spacial score (nSPS) is 9.64. The second-order valence-electron chi connectivity index (χ2n) is 2.62. The van der Waals surface area contributed by atoms with Gasteiger partial charge in [-0.3, -0.25) is 0 Å². The standard InChI is InChI=1S/C10H14N/c1-3-8-11-10-6-4-9(2)5-7-10/h4-7,11H,2-3,8H2,1H3. The Hall–Kier alpha value is -0.980. The lowest BCUT2D eigenvalue weighted by molar-refractivity contribution is 0.980. The third kappa shape index (κ3) is 2.62. The van der Waals surface area contributed by atoms with Crippen molar-refractivity contribution in [2.45, 2.75) is 13.3 Å². The highest BCUT2D eigenvalue weighted by Gasteiger charge is 1.87. The number of hydrogen-bond acceptors (Lipinski definition) is 1. The number of rotatable bonds is 3. The summed E-state index contributed by atoms with van der Waals surface area (Å²) in [5.74, 6) is 0. The van der Waals surface area contributed by atoms with Gasteiger partial charge < -0.3 is 5.32 Å². The molecular formula is C10H14N. The molecule has 0 atom stereocenters. The Kier molecular flexibility index (Phi) is 2.96. The van der Waals surface area contributed by atoms with Crippen LogP contribution in [0.15, 0.2) is 24.3 Å². The van der Waals surface area contributed by atoms with Crippen molar-refractivity contribution >= 4 is 5.69 Å². The van der Waals surface area contributed by atoms with Crippen molar-refractivity contribution in [2.75, 3.05) is 11.9 Å². The van der Waals surface area contributed by atoms with Crippen LogP contribution in [-0.2, 0) is 0 Å². The van der Waals surface area contributed by atoms with Gasteiger partial charge in [0, 0.05) is 12.2 Å². The summed E-state index contributed by atoms with van der Waals surface area (Å²) < 4.78 is 0. The van der Waals surface area contributed by atoms with Gasteiger partial charge >= 0.3 is 0 Å². The van der Waals surface area contributed by atoms with E-state index in [0.29, 0.717) is 0 Å². The van der Waals surface area contributed by atoms with E-state index in [0.717, 1.165) is 18.5 Å². The van der Waals surface area contributed by atoms with Gasteiger partial charge in [-0.1, -0.05) is 19.1 Å². The maximum absolute atomic E-state index is 3.81. The van der Waals surface area contributed by atoms with Crippen molar-refractivity contribution in [3.05, 3.63) is 36.8 Å². The van der Waals surface area contributed by atoms with E-state index in [1.54, 1.807) is 0 Å². The number of benzene rings is 1. The van der Waals surface area contributed by atoms with Crippen LogP contribution in [0.25, 0.3) is 0 Å². The molecule has 0 saturated carbocycles. The topological polar surface area (TPSA) is 12.0 Å². The Balaban J connectivity index is 2.52. The van der Waals surface area contributed by atoms with Gasteiger partial charge in [-0.2, -0.15) is 0 Å². The first-order chi connectivity index (χ1) is 5.33. The molecule has 1 N–H and O–H groups in total. The molecule has 1 rings (SSSR count). The minimum absolute atomic E-state index is 1.04. The van der Waals surface area contributed by atoms with Crippen LogP contribution in [0.5, 0.6) is 0 Å². The predicted molar refractivity (Wildman–Crippen MR) is 49.7 cm³/mol. The molecule has 0 unspecified atom stereocenters. The molecule has 1 aromatic carbocycles. The van der Waals surface area contributed by atoms with E-state index in [1.807, 2.05) is 12.1 Å². The van der Waals surface area contributed by atoms with E-state index >= 15 is 0 Å². The number of nitrogens with one attached hydrogen (secondary N) is 1. The second-order valence-corrected chi connectivity index (χ2v) is 2.62. The Morgan fingerprint density at radius 3 is 2.45 bits per heavy atom. The number of anilines is 1. The molecular weight excluding hydrogens is 134 g/mol. The van der Waals surface area contributed by atoms with Gasteiger partial charge in [0.1, 0.15) is 0 Å². The number of hydrogen-bond donors (Lipinski definition) is 1. The van der Waals surface area contributed by atoms with Crippen LogP contribution in [0, 0.1) is 6.92 Å². The lowest BCUT2D eigenvalue weighted by Gasteiger charge is -2.03. The molecule has 11 heavy (non-hydrogen) atoms. The van der Waals surface area contributed by atoms with Gasteiger partial charge in [0.15, 0.2) is 0 Å². The van der Waals surface area contributed by atoms with Gasteiger partial charge in [0.25, 0.3) is 0 Å². The zero-order valence-electron chi connectivity index (χ0n) is 6.93. The van der Waals surface area contributed by atoms with Gasteiger partial charge in [0.2, 0.25) is 0 Å². The van der Waals surface area contributed by atoms with Crippen LogP contribution in [0.1, 0.15) is 18.9 Å². The summed E-state index contributed by atoms with van der Waals surface area (Å²) in [5.41, 5.74) is 2.24. The quantitative estimate of drug-likeness (QED) is 0.695. The molecule has 0 heterocycles. The third-order valence-electron chi connectivity index (χ3n) is 1.53. The fourth-order valence-corrected chi connectivity index (χ4v) is 0.892. The largest absolute Gasteiger partial charge is 0.385 e. The molecule has 0 fully saturated rings. The average Bonchev–Trinajstić information content (AvgIpc) is 2.04. The highest BCUT2D eigenvalue weighted by Crippen LogP contribution is 2.07. The Labute approximate surface area is 68.4 Å². The highest BCUT2D eigenvalue weighted by atomic mass is 14.9. The van der Waals surface area contributed by atoms with Crippen LogP contribution in [0.4, 0.5) is 5.69 Å². The monoisotopic (exact) mass is 148 g/mol. The summed E-state index contributed by atoms with van der Waals surface area (Å²) in [7, 11) is 0. The Bertz CT molecular complexity index is 201. The average molecular weight is 148 g/mol. The van der Waals surface area contributed by atoms with Crippen molar-refractivity contribution < 1.29 is 0 Å². The maximum atomic E-state index is 3.81. The fourth-order valence-electron chi connectivity index (χ4n) is 0.892. The van der Waals surface area contributed by atoms with Crippen LogP contribution >= 0.6 is 0 Å². The summed E-state index contributed by atoms with van der Waals surface area (Å²) in [6.45, 7) is 7.01. The summed E-state index contributed by atoms with van der Waals surface area (Å²) in [6, 6.07) is 8.13. The van der Waals surface area contributed by atoms with E-state index in [4.69, 9.17) is 0 Å². The van der Waals surface area contributed by atoms with E-state index in [-0.39, 0.29) is 0 Å². The zero-order chi connectivity index (χ0) is 8.10. The lowest BCUT2D eigenvalue weighted by Crippen LogP contribution is -1.98. The SMILES string of the molecule is [CH2]c1ccc(NCCC)cc1. The first-order valence-electron chi connectivity index (χ1n) is 3.99. The molecule has 1 radical (unpaired) electrons. The van der Waals surface area contributed by atoms with Crippen molar-refractivity contribution in [2.24, 2.45) is 0 Å². The van der Waals surface area contributed by atoms with Crippen LogP contribution in [-0.4, -0.2) is 6.54 Å².